The van der Waals surface area contributed by atoms with E-state index in [1.54, 1.807) is 0 Å². The predicted octanol–water partition coefficient (Wildman–Crippen LogP) is 7.42. The minimum absolute atomic E-state index is 0. The van der Waals surface area contributed by atoms with E-state index >= 15 is 0 Å². The van der Waals surface area contributed by atoms with E-state index in [-0.39, 0.29) is 32.7 Å². The maximum atomic E-state index is 13.3. The van der Waals surface area contributed by atoms with Crippen molar-refractivity contribution in [1.29, 1.82) is 0 Å². The number of unbranched alkanes of at least 4 members (excludes halogenated alkanes) is 1. The molecular formula is C23H33F2Y-. The van der Waals surface area contributed by atoms with Gasteiger partial charge in [-0.3, -0.25) is 0 Å². The van der Waals surface area contributed by atoms with Crippen LogP contribution >= 0.6 is 0 Å². The first kappa shape index (κ1) is 22.5. The Morgan fingerprint density at radius 3 is 1.77 bits per heavy atom. The fourth-order valence-corrected chi connectivity index (χ4v) is 5.02. The second kappa shape index (κ2) is 11.2. The van der Waals surface area contributed by atoms with Gasteiger partial charge in [0.05, 0.1) is 0 Å². The van der Waals surface area contributed by atoms with E-state index in [1.165, 1.54) is 76.3 Å². The summed E-state index contributed by atoms with van der Waals surface area (Å²) in [6.45, 7) is 2.39. The van der Waals surface area contributed by atoms with Crippen molar-refractivity contribution in [1.82, 2.24) is 0 Å². The van der Waals surface area contributed by atoms with Gasteiger partial charge in [-0.05, 0) is 49.4 Å². The number of benzene rings is 1. The third-order valence-corrected chi connectivity index (χ3v) is 6.75. The predicted molar refractivity (Wildman–Crippen MR) is 99.5 cm³/mol. The first-order valence-corrected chi connectivity index (χ1v) is 10.5. The van der Waals surface area contributed by atoms with E-state index in [0.29, 0.717) is 5.92 Å². The average Bonchev–Trinajstić information content (AvgIpc) is 2.60. The minimum atomic E-state index is -0.561. The fraction of sp³-hybridized carbons (Fsp3) is 0.739. The molecule has 0 N–H and O–H groups in total. The van der Waals surface area contributed by atoms with E-state index in [9.17, 15) is 8.78 Å². The molecule has 2 saturated carbocycles. The SMILES string of the molecule is CC1CCC(CCCCC2CCC(c3cc(F)[c-]c(F)c3)CC2)CC1.[Y]. The molecule has 0 saturated heterocycles. The summed E-state index contributed by atoms with van der Waals surface area (Å²) in [5.41, 5.74) is 0.832. The van der Waals surface area contributed by atoms with Crippen molar-refractivity contribution in [2.45, 2.75) is 89.9 Å². The first-order chi connectivity index (χ1) is 12.1. The Kier molecular flexibility index (Phi) is 9.72. The van der Waals surface area contributed by atoms with Crippen LogP contribution in [0.5, 0.6) is 0 Å². The summed E-state index contributed by atoms with van der Waals surface area (Å²) >= 11 is 0. The van der Waals surface area contributed by atoms with E-state index < -0.39 is 11.6 Å². The zero-order valence-corrected chi connectivity index (χ0v) is 19.1. The van der Waals surface area contributed by atoms with Crippen molar-refractivity contribution in [3.8, 4) is 0 Å². The van der Waals surface area contributed by atoms with Crippen LogP contribution < -0.4 is 0 Å². The molecule has 0 amide bonds. The molecule has 0 heterocycles. The normalized spacial score (nSPS) is 29.2. The molecular weight excluding hydrogens is 403 g/mol. The molecule has 2 aliphatic carbocycles. The van der Waals surface area contributed by atoms with Crippen molar-refractivity contribution < 1.29 is 41.5 Å². The average molecular weight is 436 g/mol. The second-order valence-electron chi connectivity index (χ2n) is 8.74. The van der Waals surface area contributed by atoms with Gasteiger partial charge in [0.2, 0.25) is 0 Å². The van der Waals surface area contributed by atoms with Gasteiger partial charge in [0, 0.05) is 44.3 Å². The Balaban J connectivity index is 0.00000243. The number of rotatable bonds is 6. The summed E-state index contributed by atoms with van der Waals surface area (Å²) in [5.74, 6) is 1.98. The molecule has 3 rings (SSSR count). The van der Waals surface area contributed by atoms with Crippen molar-refractivity contribution in [2.75, 3.05) is 0 Å². The molecule has 2 aliphatic rings. The Labute approximate surface area is 183 Å². The summed E-state index contributed by atoms with van der Waals surface area (Å²) in [4.78, 5) is 0. The maximum absolute atomic E-state index is 13.3. The zero-order valence-electron chi connectivity index (χ0n) is 16.3. The van der Waals surface area contributed by atoms with Crippen molar-refractivity contribution in [2.24, 2.45) is 17.8 Å². The number of hydrogen-bond donors (Lipinski definition) is 0. The van der Waals surface area contributed by atoms with E-state index in [1.807, 2.05) is 0 Å². The molecule has 1 radical (unpaired) electrons. The van der Waals surface area contributed by atoms with Gasteiger partial charge < -0.3 is 0 Å². The first-order valence-electron chi connectivity index (χ1n) is 10.5. The monoisotopic (exact) mass is 436 g/mol. The Bertz CT molecular complexity index is 509. The number of halogens is 2. The molecule has 0 atom stereocenters. The van der Waals surface area contributed by atoms with Crippen molar-refractivity contribution >= 4 is 0 Å². The molecule has 1 aromatic rings. The van der Waals surface area contributed by atoms with E-state index in [2.05, 4.69) is 13.0 Å². The smallest absolute Gasteiger partial charge is 0.0139 e. The van der Waals surface area contributed by atoms with Gasteiger partial charge >= 0.3 is 0 Å². The van der Waals surface area contributed by atoms with Crippen LogP contribution in [0.15, 0.2) is 12.1 Å². The Morgan fingerprint density at radius 1 is 0.808 bits per heavy atom. The largest absolute Gasteiger partial charge is 0.236 e. The van der Waals surface area contributed by atoms with Crippen LogP contribution in [0.4, 0.5) is 8.78 Å². The third-order valence-electron chi connectivity index (χ3n) is 6.75. The molecule has 0 nitrogen and oxygen atoms in total. The van der Waals surface area contributed by atoms with Crippen LogP contribution in [0.2, 0.25) is 0 Å². The maximum Gasteiger partial charge on any atom is 0.0139 e. The fourth-order valence-electron chi connectivity index (χ4n) is 5.02. The van der Waals surface area contributed by atoms with Gasteiger partial charge in [-0.25, -0.2) is 8.78 Å². The summed E-state index contributed by atoms with van der Waals surface area (Å²) in [7, 11) is 0. The molecule has 26 heavy (non-hydrogen) atoms. The van der Waals surface area contributed by atoms with Crippen LogP contribution in [0.25, 0.3) is 0 Å². The quantitative estimate of drug-likeness (QED) is 0.321. The summed E-state index contributed by atoms with van der Waals surface area (Å²) in [5, 5.41) is 0. The van der Waals surface area contributed by atoms with Crippen LogP contribution in [-0.2, 0) is 32.7 Å². The molecule has 0 bridgehead atoms. The Morgan fingerprint density at radius 2 is 1.27 bits per heavy atom. The Hall–Kier alpha value is 0.184. The molecule has 0 aromatic heterocycles. The molecule has 143 valence electrons. The van der Waals surface area contributed by atoms with Crippen LogP contribution in [0.3, 0.4) is 0 Å². The van der Waals surface area contributed by atoms with Gasteiger partial charge in [-0.1, -0.05) is 58.3 Å². The van der Waals surface area contributed by atoms with Crippen LogP contribution in [0.1, 0.15) is 95.5 Å². The summed E-state index contributed by atoms with van der Waals surface area (Å²) in [6, 6.07) is 5.03. The summed E-state index contributed by atoms with van der Waals surface area (Å²) < 4.78 is 26.7. The van der Waals surface area contributed by atoms with Gasteiger partial charge in [-0.15, -0.1) is 23.8 Å². The zero-order chi connectivity index (χ0) is 17.6. The van der Waals surface area contributed by atoms with E-state index in [4.69, 9.17) is 0 Å². The second-order valence-corrected chi connectivity index (χ2v) is 8.74. The third kappa shape index (κ3) is 6.97. The molecule has 0 aliphatic heterocycles. The van der Waals surface area contributed by atoms with Gasteiger partial charge in [0.1, 0.15) is 0 Å². The molecule has 0 unspecified atom stereocenters. The minimum Gasteiger partial charge on any atom is -0.236 e. The number of hydrogen-bond acceptors (Lipinski definition) is 0. The summed E-state index contributed by atoms with van der Waals surface area (Å²) in [6.07, 6.45) is 15.9. The van der Waals surface area contributed by atoms with Crippen LogP contribution in [-0.4, -0.2) is 0 Å². The van der Waals surface area contributed by atoms with Gasteiger partial charge in [0.15, 0.2) is 0 Å². The van der Waals surface area contributed by atoms with E-state index in [0.717, 1.165) is 36.2 Å². The standard InChI is InChI=1S/C23H33F2.Y/c1-17-6-8-18(9-7-17)4-2-3-5-19-10-12-20(13-11-19)21-14-22(24)16-23(25)15-21;/h14-15,17-20H,2-13H2,1H3;/q-1;. The topological polar surface area (TPSA) is 0 Å². The molecule has 3 heteroatoms. The molecule has 1 aromatic carbocycles. The molecule has 2 fully saturated rings. The van der Waals surface area contributed by atoms with Crippen molar-refractivity contribution in [3.63, 3.8) is 0 Å². The van der Waals surface area contributed by atoms with Gasteiger partial charge in [-0.2, -0.15) is 0 Å². The molecule has 0 spiro atoms. The van der Waals surface area contributed by atoms with Crippen molar-refractivity contribution in [3.05, 3.63) is 35.4 Å². The van der Waals surface area contributed by atoms with Gasteiger partial charge in [0.25, 0.3) is 0 Å². The van der Waals surface area contributed by atoms with Crippen LogP contribution in [0, 0.1) is 35.5 Å².